The number of amidine groups is 1. The molecule has 12 heavy (non-hydrogen) atoms. The molecule has 0 atom stereocenters. The average Bonchev–Trinajstić information content (AvgIpc) is 1.81. The van der Waals surface area contributed by atoms with E-state index in [1.54, 1.807) is 13.0 Å². The van der Waals surface area contributed by atoms with Gasteiger partial charge in [0.05, 0.1) is 0 Å². The van der Waals surface area contributed by atoms with Gasteiger partial charge in [-0.15, -0.1) is 0 Å². The molecule has 1 amide bonds. The Balaban J connectivity index is 2.80. The van der Waals surface area contributed by atoms with E-state index in [0.717, 1.165) is 5.57 Å². The number of rotatable bonds is 0. The summed E-state index contributed by atoms with van der Waals surface area (Å²) in [5.74, 6) is 0.529. The third-order valence-corrected chi connectivity index (χ3v) is 1.47. The summed E-state index contributed by atoms with van der Waals surface area (Å²) in [6.07, 6.45) is 2.25. The summed E-state index contributed by atoms with van der Waals surface area (Å²) in [4.78, 5) is 15.5. The summed E-state index contributed by atoms with van der Waals surface area (Å²) >= 11 is 4.80. The minimum atomic E-state index is -0.117. The fourth-order valence-corrected chi connectivity index (χ4v) is 1.13. The van der Waals surface area contributed by atoms with E-state index in [4.69, 9.17) is 12.2 Å². The molecule has 0 unspecified atom stereocenters. The fraction of sp³-hybridized carbons (Fsp3) is 0.375. The maximum Gasteiger partial charge on any atom is 0.249 e. The van der Waals surface area contributed by atoms with Crippen molar-refractivity contribution in [2.75, 3.05) is 0 Å². The zero-order valence-electron chi connectivity index (χ0n) is 7.05. The van der Waals surface area contributed by atoms with E-state index in [2.05, 4.69) is 10.3 Å². The second-order valence-electron chi connectivity index (χ2n) is 2.73. The van der Waals surface area contributed by atoms with E-state index in [9.17, 15) is 4.79 Å². The quantitative estimate of drug-likeness (QED) is 0.572. The molecule has 64 valence electrons. The van der Waals surface area contributed by atoms with E-state index in [-0.39, 0.29) is 5.91 Å². The first kappa shape index (κ1) is 9.06. The van der Waals surface area contributed by atoms with Crippen molar-refractivity contribution in [2.45, 2.75) is 20.3 Å². The summed E-state index contributed by atoms with van der Waals surface area (Å²) in [5.41, 5.74) is 1.01. The molecule has 1 aliphatic heterocycles. The molecule has 0 saturated carbocycles. The molecule has 1 N–H and O–H groups in total. The lowest BCUT2D eigenvalue weighted by molar-refractivity contribution is -0.115. The van der Waals surface area contributed by atoms with Gasteiger partial charge >= 0.3 is 0 Å². The van der Waals surface area contributed by atoms with Gasteiger partial charge in [-0.3, -0.25) is 4.79 Å². The minimum absolute atomic E-state index is 0.117. The largest absolute Gasteiger partial charge is 0.310 e. The number of nitrogens with one attached hydrogen (secondary N) is 1. The van der Waals surface area contributed by atoms with Gasteiger partial charge in [-0.1, -0.05) is 17.8 Å². The fourth-order valence-electron chi connectivity index (χ4n) is 1.02. The summed E-state index contributed by atoms with van der Waals surface area (Å²) < 4.78 is 0. The van der Waals surface area contributed by atoms with Crippen LogP contribution in [0.15, 0.2) is 16.6 Å². The van der Waals surface area contributed by atoms with E-state index in [0.29, 0.717) is 17.2 Å². The molecule has 0 fully saturated rings. The van der Waals surface area contributed by atoms with Crippen molar-refractivity contribution in [1.82, 2.24) is 5.32 Å². The highest BCUT2D eigenvalue weighted by atomic mass is 32.1. The highest BCUT2D eigenvalue weighted by Crippen LogP contribution is 2.05. The zero-order chi connectivity index (χ0) is 9.14. The van der Waals surface area contributed by atoms with Crippen LogP contribution < -0.4 is 5.32 Å². The second kappa shape index (κ2) is 3.58. The van der Waals surface area contributed by atoms with Crippen molar-refractivity contribution in [3.8, 4) is 0 Å². The first-order valence-corrected chi connectivity index (χ1v) is 4.05. The van der Waals surface area contributed by atoms with Gasteiger partial charge in [-0.2, -0.15) is 0 Å². The molecule has 0 aliphatic carbocycles. The Bertz CT molecular complexity index is 291. The van der Waals surface area contributed by atoms with Gasteiger partial charge in [-0.25, -0.2) is 4.99 Å². The molecule has 3 nitrogen and oxygen atoms in total. The summed E-state index contributed by atoms with van der Waals surface area (Å²) in [6.45, 7) is 3.62. The van der Waals surface area contributed by atoms with Crippen molar-refractivity contribution in [3.05, 3.63) is 11.6 Å². The van der Waals surface area contributed by atoms with Crippen molar-refractivity contribution in [1.29, 1.82) is 0 Å². The summed E-state index contributed by atoms with van der Waals surface area (Å²) in [7, 11) is 0. The molecule has 4 heteroatoms. The molecule has 0 bridgehead atoms. The third kappa shape index (κ3) is 2.54. The third-order valence-electron chi connectivity index (χ3n) is 1.38. The van der Waals surface area contributed by atoms with Crippen molar-refractivity contribution >= 4 is 28.9 Å². The van der Waals surface area contributed by atoms with Crippen LogP contribution in [-0.4, -0.2) is 16.7 Å². The van der Waals surface area contributed by atoms with Gasteiger partial charge < -0.3 is 5.32 Å². The van der Waals surface area contributed by atoms with Gasteiger partial charge in [0.1, 0.15) is 10.8 Å². The van der Waals surface area contributed by atoms with Crippen LogP contribution in [0.25, 0.3) is 0 Å². The van der Waals surface area contributed by atoms with Crippen LogP contribution in [-0.2, 0) is 4.79 Å². The number of thiocarbonyl (C=S) groups is 1. The maximum absolute atomic E-state index is 11.0. The van der Waals surface area contributed by atoms with Crippen LogP contribution in [0.2, 0.25) is 0 Å². The predicted molar refractivity (Wildman–Crippen MR) is 52.2 cm³/mol. The van der Waals surface area contributed by atoms with Crippen molar-refractivity contribution in [3.63, 3.8) is 0 Å². The van der Waals surface area contributed by atoms with E-state index in [1.165, 1.54) is 0 Å². The Morgan fingerprint density at radius 1 is 1.75 bits per heavy atom. The highest BCUT2D eigenvalue weighted by Gasteiger charge is 2.11. The van der Waals surface area contributed by atoms with E-state index >= 15 is 0 Å². The predicted octanol–water partition coefficient (Wildman–Crippen LogP) is 1.20. The number of hydrogen-bond acceptors (Lipinski definition) is 2. The zero-order valence-corrected chi connectivity index (χ0v) is 7.86. The van der Waals surface area contributed by atoms with Crippen LogP contribution in [0.3, 0.4) is 0 Å². The van der Waals surface area contributed by atoms with Crippen LogP contribution >= 0.6 is 12.2 Å². The maximum atomic E-state index is 11.0. The van der Waals surface area contributed by atoms with Crippen LogP contribution in [0.1, 0.15) is 20.3 Å². The Morgan fingerprint density at radius 2 is 2.42 bits per heavy atom. The topological polar surface area (TPSA) is 41.5 Å². The lowest BCUT2D eigenvalue weighted by Gasteiger charge is -2.12. The number of nitrogens with zero attached hydrogens (tertiary/aromatic N) is 1. The molecule has 0 radical (unpaired) electrons. The average molecular weight is 182 g/mol. The number of amides is 1. The molecule has 0 spiro atoms. The second-order valence-corrected chi connectivity index (χ2v) is 3.33. The number of aliphatic imine (C=N–C) groups is 1. The number of hydrogen-bond donors (Lipinski definition) is 1. The first-order chi connectivity index (χ1) is 5.58. The van der Waals surface area contributed by atoms with Gasteiger partial charge in [0.15, 0.2) is 0 Å². The Hall–Kier alpha value is -1.03. The van der Waals surface area contributed by atoms with Gasteiger partial charge in [0.25, 0.3) is 0 Å². The molecule has 1 heterocycles. The van der Waals surface area contributed by atoms with Crippen LogP contribution in [0.5, 0.6) is 0 Å². The normalized spacial score (nSPS) is 20.3. The Labute approximate surface area is 76.6 Å². The first-order valence-electron chi connectivity index (χ1n) is 3.64. The summed E-state index contributed by atoms with van der Waals surface area (Å²) in [6, 6.07) is 0. The van der Waals surface area contributed by atoms with Crippen LogP contribution in [0, 0.1) is 0 Å². The number of carbonyl (C=O) groups is 1. The molecule has 0 aromatic rings. The Kier molecular flexibility index (Phi) is 2.70. The smallest absolute Gasteiger partial charge is 0.249 e. The van der Waals surface area contributed by atoms with Crippen molar-refractivity contribution < 1.29 is 4.79 Å². The standard InChI is InChI=1S/C8H10N2OS/c1-5-3-7(9-6(2)12)10-8(11)4-5/h4H,3H2,1-2H3,(H,9,10,11,12). The van der Waals surface area contributed by atoms with Crippen molar-refractivity contribution in [2.24, 2.45) is 4.99 Å². The highest BCUT2D eigenvalue weighted by molar-refractivity contribution is 7.80. The molecule has 0 saturated heterocycles. The molecule has 1 aliphatic rings. The molecule has 1 rings (SSSR count). The molecule has 0 aromatic carbocycles. The lowest BCUT2D eigenvalue weighted by atomic mass is 10.1. The summed E-state index contributed by atoms with van der Waals surface area (Å²) in [5, 5.41) is 2.63. The SMILES string of the molecule is CC(=S)N=C1CC(C)=CC(=O)N1. The van der Waals surface area contributed by atoms with Gasteiger partial charge in [0.2, 0.25) is 5.91 Å². The number of carbonyl (C=O) groups excluding carboxylic acids is 1. The van der Waals surface area contributed by atoms with E-state index in [1.807, 2.05) is 6.92 Å². The minimum Gasteiger partial charge on any atom is -0.310 e. The molecular weight excluding hydrogens is 172 g/mol. The lowest BCUT2D eigenvalue weighted by Crippen LogP contribution is -2.33. The molecular formula is C8H10N2OS. The monoisotopic (exact) mass is 182 g/mol. The van der Waals surface area contributed by atoms with Gasteiger partial charge in [0, 0.05) is 12.5 Å². The molecule has 0 aromatic heterocycles. The Morgan fingerprint density at radius 3 is 2.92 bits per heavy atom. The van der Waals surface area contributed by atoms with E-state index < -0.39 is 0 Å². The van der Waals surface area contributed by atoms with Crippen LogP contribution in [0.4, 0.5) is 0 Å². The van der Waals surface area contributed by atoms with Gasteiger partial charge in [-0.05, 0) is 13.8 Å².